The van der Waals surface area contributed by atoms with Crippen molar-refractivity contribution in [1.82, 2.24) is 4.98 Å². The second-order valence-electron chi connectivity index (χ2n) is 4.17. The molecule has 4 nitrogen and oxygen atoms in total. The monoisotopic (exact) mass is 272 g/mol. The summed E-state index contributed by atoms with van der Waals surface area (Å²) in [6.45, 7) is 1.02. The number of aromatic nitrogens is 1. The Hall–Kier alpha value is -2.01. The van der Waals surface area contributed by atoms with Crippen molar-refractivity contribution in [3.05, 3.63) is 48.3 Å². The van der Waals surface area contributed by atoms with Gasteiger partial charge in [0.1, 0.15) is 12.4 Å². The molecule has 5 heteroatoms. The first-order chi connectivity index (χ1) is 9.27. The van der Waals surface area contributed by atoms with Gasteiger partial charge in [0.25, 0.3) is 5.91 Å². The molecular weight excluding hydrogens is 260 g/mol. The molecule has 19 heavy (non-hydrogen) atoms. The van der Waals surface area contributed by atoms with Crippen LogP contribution in [0.15, 0.2) is 47.6 Å². The maximum atomic E-state index is 12.6. The predicted octanol–water partition coefficient (Wildman–Crippen LogP) is 2.41. The summed E-state index contributed by atoms with van der Waals surface area (Å²) in [6, 6.07) is 9.23. The fraction of sp³-hybridized carbons (Fsp3) is 0.143. The third kappa shape index (κ3) is 2.17. The number of thiol groups is 1. The van der Waals surface area contributed by atoms with Gasteiger partial charge in [-0.25, -0.2) is 0 Å². The molecule has 96 valence electrons. The van der Waals surface area contributed by atoms with Gasteiger partial charge in [-0.3, -0.25) is 9.78 Å². The molecule has 0 radical (unpaired) electrons. The summed E-state index contributed by atoms with van der Waals surface area (Å²) < 4.78 is 5.54. The zero-order valence-electron chi connectivity index (χ0n) is 10.1. The van der Waals surface area contributed by atoms with Crippen LogP contribution in [-0.2, 0) is 0 Å². The number of benzene rings is 1. The largest absolute Gasteiger partial charge is 0.490 e. The molecule has 0 N–H and O–H groups in total. The van der Waals surface area contributed by atoms with Crippen LogP contribution in [0.2, 0.25) is 0 Å². The highest BCUT2D eigenvalue weighted by atomic mass is 32.1. The summed E-state index contributed by atoms with van der Waals surface area (Å²) >= 11 is 4.31. The Morgan fingerprint density at radius 1 is 1.32 bits per heavy atom. The minimum absolute atomic E-state index is 0.103. The van der Waals surface area contributed by atoms with Gasteiger partial charge in [-0.1, -0.05) is 12.1 Å². The summed E-state index contributed by atoms with van der Waals surface area (Å²) in [5, 5.41) is 0. The lowest BCUT2D eigenvalue weighted by atomic mass is 10.2. The van der Waals surface area contributed by atoms with Gasteiger partial charge in [0.15, 0.2) is 0 Å². The molecule has 1 aromatic heterocycles. The van der Waals surface area contributed by atoms with Gasteiger partial charge in [-0.2, -0.15) is 0 Å². The van der Waals surface area contributed by atoms with Crippen LogP contribution in [0.1, 0.15) is 10.4 Å². The van der Waals surface area contributed by atoms with Crippen molar-refractivity contribution in [2.75, 3.05) is 18.1 Å². The van der Waals surface area contributed by atoms with E-state index in [9.17, 15) is 4.79 Å². The molecule has 2 aromatic rings. The molecule has 0 saturated heterocycles. The molecule has 2 heterocycles. The Morgan fingerprint density at radius 2 is 2.16 bits per heavy atom. The maximum Gasteiger partial charge on any atom is 0.261 e. The van der Waals surface area contributed by atoms with Crippen molar-refractivity contribution in [1.29, 1.82) is 0 Å². The van der Waals surface area contributed by atoms with Crippen LogP contribution in [0.4, 0.5) is 5.69 Å². The Bertz CT molecular complexity index is 630. The Morgan fingerprint density at radius 3 is 3.00 bits per heavy atom. The highest BCUT2D eigenvalue weighted by Gasteiger charge is 2.25. The zero-order valence-corrected chi connectivity index (χ0v) is 11.0. The SMILES string of the molecule is O=C(c1cnccc1S)N1CCOc2ccccc21. The molecule has 0 bridgehead atoms. The Kier molecular flexibility index (Phi) is 3.13. The van der Waals surface area contributed by atoms with E-state index >= 15 is 0 Å². The lowest BCUT2D eigenvalue weighted by Crippen LogP contribution is -2.38. The molecule has 0 aliphatic carbocycles. The van der Waals surface area contributed by atoms with Crippen LogP contribution in [0.3, 0.4) is 0 Å². The van der Waals surface area contributed by atoms with Crippen LogP contribution in [-0.4, -0.2) is 24.0 Å². The molecule has 1 aliphatic rings. The molecule has 0 atom stereocenters. The van der Waals surface area contributed by atoms with E-state index in [1.165, 1.54) is 0 Å². The molecule has 1 aliphatic heterocycles. The molecule has 0 fully saturated rings. The minimum Gasteiger partial charge on any atom is -0.490 e. The number of para-hydroxylation sites is 2. The summed E-state index contributed by atoms with van der Waals surface area (Å²) in [7, 11) is 0. The van der Waals surface area contributed by atoms with Crippen LogP contribution in [0, 0.1) is 0 Å². The highest BCUT2D eigenvalue weighted by Crippen LogP contribution is 2.32. The van der Waals surface area contributed by atoms with Crippen LogP contribution >= 0.6 is 12.6 Å². The van der Waals surface area contributed by atoms with Gasteiger partial charge >= 0.3 is 0 Å². The van der Waals surface area contributed by atoms with E-state index in [2.05, 4.69) is 17.6 Å². The van der Waals surface area contributed by atoms with Crippen molar-refractivity contribution < 1.29 is 9.53 Å². The number of carbonyl (C=O) groups is 1. The van der Waals surface area contributed by atoms with Gasteiger partial charge in [0, 0.05) is 17.3 Å². The van der Waals surface area contributed by atoms with E-state index in [1.54, 1.807) is 23.4 Å². The number of fused-ring (bicyclic) bond motifs is 1. The molecular formula is C14H12N2O2S. The van der Waals surface area contributed by atoms with Crippen molar-refractivity contribution >= 4 is 24.2 Å². The number of amides is 1. The summed E-state index contributed by atoms with van der Waals surface area (Å²) in [5.41, 5.74) is 1.29. The van der Waals surface area contributed by atoms with Gasteiger partial charge in [-0.15, -0.1) is 12.6 Å². The standard InChI is InChI=1S/C14H12N2O2S/c17-14(10-9-15-6-5-13(10)19)16-7-8-18-12-4-2-1-3-11(12)16/h1-6,9H,7-8H2,(H,15,19). The number of ether oxygens (including phenoxy) is 1. The zero-order chi connectivity index (χ0) is 13.2. The number of rotatable bonds is 1. The molecule has 1 aromatic carbocycles. The van der Waals surface area contributed by atoms with Crippen molar-refractivity contribution in [3.63, 3.8) is 0 Å². The second-order valence-corrected chi connectivity index (χ2v) is 4.65. The van der Waals surface area contributed by atoms with Gasteiger partial charge < -0.3 is 9.64 Å². The fourth-order valence-electron chi connectivity index (χ4n) is 2.08. The smallest absolute Gasteiger partial charge is 0.261 e. The molecule has 0 spiro atoms. The van der Waals surface area contributed by atoms with Crippen LogP contribution in [0.25, 0.3) is 0 Å². The normalized spacial score (nSPS) is 13.6. The average molecular weight is 272 g/mol. The van der Waals surface area contributed by atoms with Crippen LogP contribution in [0.5, 0.6) is 5.75 Å². The van der Waals surface area contributed by atoms with E-state index in [0.29, 0.717) is 23.6 Å². The first-order valence-electron chi connectivity index (χ1n) is 5.94. The van der Waals surface area contributed by atoms with Crippen molar-refractivity contribution in [2.24, 2.45) is 0 Å². The molecule has 0 saturated carbocycles. The van der Waals surface area contributed by atoms with Gasteiger partial charge in [0.05, 0.1) is 17.8 Å². The highest BCUT2D eigenvalue weighted by molar-refractivity contribution is 7.80. The Balaban J connectivity index is 2.00. The molecule has 1 amide bonds. The number of carbonyl (C=O) groups excluding carboxylic acids is 1. The summed E-state index contributed by atoms with van der Waals surface area (Å²) in [5.74, 6) is 0.626. The lowest BCUT2D eigenvalue weighted by molar-refractivity contribution is 0.0973. The first-order valence-corrected chi connectivity index (χ1v) is 6.39. The van der Waals surface area contributed by atoms with Crippen molar-refractivity contribution in [3.8, 4) is 5.75 Å². The third-order valence-corrected chi connectivity index (χ3v) is 3.39. The quantitative estimate of drug-likeness (QED) is 0.811. The summed E-state index contributed by atoms with van der Waals surface area (Å²) in [6.07, 6.45) is 3.16. The molecule has 0 unspecified atom stereocenters. The van der Waals surface area contributed by atoms with E-state index in [-0.39, 0.29) is 5.91 Å². The minimum atomic E-state index is -0.103. The van der Waals surface area contributed by atoms with Gasteiger partial charge in [0.2, 0.25) is 0 Å². The number of hydrogen-bond donors (Lipinski definition) is 1. The molecule has 3 rings (SSSR count). The first kappa shape index (κ1) is 12.0. The number of pyridine rings is 1. The lowest BCUT2D eigenvalue weighted by Gasteiger charge is -2.29. The average Bonchev–Trinajstić information content (AvgIpc) is 2.46. The third-order valence-electron chi connectivity index (χ3n) is 3.00. The van der Waals surface area contributed by atoms with E-state index in [1.807, 2.05) is 24.3 Å². The summed E-state index contributed by atoms with van der Waals surface area (Å²) in [4.78, 5) is 18.9. The fourth-order valence-corrected chi connectivity index (χ4v) is 2.30. The van der Waals surface area contributed by atoms with E-state index < -0.39 is 0 Å². The van der Waals surface area contributed by atoms with E-state index in [4.69, 9.17) is 4.74 Å². The topological polar surface area (TPSA) is 42.4 Å². The van der Waals surface area contributed by atoms with Crippen molar-refractivity contribution in [2.45, 2.75) is 4.90 Å². The second kappa shape index (κ2) is 4.93. The number of anilines is 1. The maximum absolute atomic E-state index is 12.6. The van der Waals surface area contributed by atoms with Gasteiger partial charge in [-0.05, 0) is 18.2 Å². The van der Waals surface area contributed by atoms with E-state index in [0.717, 1.165) is 11.4 Å². The van der Waals surface area contributed by atoms with Crippen LogP contribution < -0.4 is 9.64 Å². The predicted molar refractivity (Wildman–Crippen MR) is 75.1 cm³/mol. The Labute approximate surface area is 116 Å². The number of hydrogen-bond acceptors (Lipinski definition) is 4. The number of nitrogens with zero attached hydrogens (tertiary/aromatic N) is 2.